The predicted octanol–water partition coefficient (Wildman–Crippen LogP) is 4.09. The van der Waals surface area contributed by atoms with Gasteiger partial charge in [-0.2, -0.15) is 0 Å². The molecule has 1 unspecified atom stereocenters. The summed E-state index contributed by atoms with van der Waals surface area (Å²) in [6, 6.07) is 8.88. The van der Waals surface area contributed by atoms with E-state index < -0.39 is 0 Å². The highest BCUT2D eigenvalue weighted by atomic mass is 32.1. The van der Waals surface area contributed by atoms with E-state index in [4.69, 9.17) is 0 Å². The van der Waals surface area contributed by atoms with E-state index in [-0.39, 0.29) is 0 Å². The number of benzene rings is 1. The van der Waals surface area contributed by atoms with Crippen LogP contribution in [0.1, 0.15) is 49.7 Å². The van der Waals surface area contributed by atoms with Gasteiger partial charge in [0.25, 0.3) is 0 Å². The number of unbranched alkanes of at least 4 members (excludes halogenated alkanes) is 2. The molecule has 0 saturated heterocycles. The van der Waals surface area contributed by atoms with Crippen LogP contribution in [0.15, 0.2) is 24.3 Å². The van der Waals surface area contributed by atoms with Crippen LogP contribution in [0.3, 0.4) is 0 Å². The van der Waals surface area contributed by atoms with Crippen molar-refractivity contribution in [2.24, 2.45) is 0 Å². The lowest BCUT2D eigenvalue weighted by atomic mass is 9.93. The minimum atomic E-state index is 0.602. The minimum absolute atomic E-state index is 0.602. The highest BCUT2D eigenvalue weighted by Gasteiger charge is 2.09. The maximum absolute atomic E-state index is 4.13. The summed E-state index contributed by atoms with van der Waals surface area (Å²) in [5.74, 6) is 0.602. The lowest BCUT2D eigenvalue weighted by molar-refractivity contribution is 0.563. The Kier molecular flexibility index (Phi) is 6.58. The summed E-state index contributed by atoms with van der Waals surface area (Å²) in [5, 5.41) is 0. The van der Waals surface area contributed by atoms with Gasteiger partial charge < -0.3 is 0 Å². The number of rotatable bonds is 7. The van der Waals surface area contributed by atoms with Gasteiger partial charge in [-0.15, -0.1) is 0 Å². The van der Waals surface area contributed by atoms with Crippen LogP contribution < -0.4 is 4.72 Å². The van der Waals surface area contributed by atoms with Crippen LogP contribution in [-0.2, 0) is 0 Å². The molecule has 1 aromatic rings. The summed E-state index contributed by atoms with van der Waals surface area (Å²) >= 11 is 4.13. The topological polar surface area (TPSA) is 12.0 Å². The molecule has 0 aliphatic heterocycles. The van der Waals surface area contributed by atoms with E-state index in [1.165, 1.54) is 36.8 Å². The summed E-state index contributed by atoms with van der Waals surface area (Å²) in [5.41, 5.74) is 2.76. The average Bonchev–Trinajstić information content (AvgIpc) is 2.29. The second kappa shape index (κ2) is 7.75. The smallest absolute Gasteiger partial charge is 0.0125 e. The predicted molar refractivity (Wildman–Crippen MR) is 75.1 cm³/mol. The second-order valence-electron chi connectivity index (χ2n) is 4.47. The zero-order chi connectivity index (χ0) is 11.8. The third kappa shape index (κ3) is 4.58. The van der Waals surface area contributed by atoms with Crippen LogP contribution in [0.4, 0.5) is 0 Å². The largest absolute Gasteiger partial charge is 0.266 e. The summed E-state index contributed by atoms with van der Waals surface area (Å²) in [6.07, 6.45) is 5.18. The zero-order valence-corrected chi connectivity index (χ0v) is 11.3. The summed E-state index contributed by atoms with van der Waals surface area (Å²) in [7, 11) is 0. The average molecular weight is 237 g/mol. The Bertz CT molecular complexity index is 281. The van der Waals surface area contributed by atoms with E-state index in [1.807, 2.05) is 0 Å². The Balaban J connectivity index is 2.57. The van der Waals surface area contributed by atoms with Crippen molar-refractivity contribution in [2.75, 3.05) is 6.54 Å². The van der Waals surface area contributed by atoms with Crippen molar-refractivity contribution in [3.8, 4) is 0 Å². The molecule has 1 nitrogen and oxygen atoms in total. The maximum atomic E-state index is 4.13. The second-order valence-corrected chi connectivity index (χ2v) is 4.78. The van der Waals surface area contributed by atoms with Gasteiger partial charge in [0.15, 0.2) is 0 Å². The fourth-order valence-electron chi connectivity index (χ4n) is 1.98. The van der Waals surface area contributed by atoms with Gasteiger partial charge in [-0.3, -0.25) is 4.72 Å². The van der Waals surface area contributed by atoms with Gasteiger partial charge in [0.2, 0.25) is 0 Å². The molecular formula is C14H23NS. The lowest BCUT2D eigenvalue weighted by Gasteiger charge is -2.16. The van der Waals surface area contributed by atoms with Crippen LogP contribution in [-0.4, -0.2) is 6.54 Å². The van der Waals surface area contributed by atoms with Crippen molar-refractivity contribution in [3.63, 3.8) is 0 Å². The van der Waals surface area contributed by atoms with Crippen LogP contribution in [0, 0.1) is 6.92 Å². The first-order chi connectivity index (χ1) is 7.77. The van der Waals surface area contributed by atoms with Gasteiger partial charge in [0, 0.05) is 6.54 Å². The van der Waals surface area contributed by atoms with Gasteiger partial charge in [-0.25, -0.2) is 0 Å². The molecule has 1 aromatic carbocycles. The van der Waals surface area contributed by atoms with Crippen molar-refractivity contribution in [2.45, 2.75) is 45.4 Å². The van der Waals surface area contributed by atoms with Crippen LogP contribution >= 0.6 is 12.8 Å². The van der Waals surface area contributed by atoms with Crippen molar-refractivity contribution in [3.05, 3.63) is 35.4 Å². The van der Waals surface area contributed by atoms with Crippen LogP contribution in [0.25, 0.3) is 0 Å². The standard InChI is InChI=1S/C14H23NS/c1-3-4-5-6-14(11-15-16)13-9-7-12(2)8-10-13/h7-10,14-16H,3-6,11H2,1-2H3. The molecule has 0 saturated carbocycles. The lowest BCUT2D eigenvalue weighted by Crippen LogP contribution is -2.13. The zero-order valence-electron chi connectivity index (χ0n) is 10.4. The molecule has 0 bridgehead atoms. The van der Waals surface area contributed by atoms with Gasteiger partial charge in [-0.1, -0.05) is 68.8 Å². The molecule has 0 radical (unpaired) electrons. The summed E-state index contributed by atoms with van der Waals surface area (Å²) < 4.78 is 3.00. The van der Waals surface area contributed by atoms with Gasteiger partial charge in [0.1, 0.15) is 0 Å². The molecule has 16 heavy (non-hydrogen) atoms. The third-order valence-electron chi connectivity index (χ3n) is 3.04. The molecule has 0 aliphatic rings. The molecular weight excluding hydrogens is 214 g/mol. The van der Waals surface area contributed by atoms with Crippen LogP contribution in [0.5, 0.6) is 0 Å². The fraction of sp³-hybridized carbons (Fsp3) is 0.571. The Morgan fingerprint density at radius 2 is 1.88 bits per heavy atom. The molecule has 1 atom stereocenters. The molecule has 2 heteroatoms. The molecule has 0 heterocycles. The SMILES string of the molecule is CCCCCC(CNS)c1ccc(C)cc1. The fourth-order valence-corrected chi connectivity index (χ4v) is 2.20. The van der Waals surface area contributed by atoms with Gasteiger partial charge in [-0.05, 0) is 24.8 Å². The van der Waals surface area contributed by atoms with Crippen molar-refractivity contribution < 1.29 is 0 Å². The molecule has 0 fully saturated rings. The van der Waals surface area contributed by atoms with E-state index in [2.05, 4.69) is 55.6 Å². The maximum Gasteiger partial charge on any atom is 0.0125 e. The number of hydrogen-bond donors (Lipinski definition) is 2. The van der Waals surface area contributed by atoms with Crippen molar-refractivity contribution >= 4 is 12.8 Å². The van der Waals surface area contributed by atoms with E-state index >= 15 is 0 Å². The first-order valence-corrected chi connectivity index (χ1v) is 6.66. The Morgan fingerprint density at radius 1 is 1.19 bits per heavy atom. The van der Waals surface area contributed by atoms with E-state index in [0.717, 1.165) is 6.54 Å². The molecule has 0 amide bonds. The molecule has 0 aromatic heterocycles. The Labute approximate surface area is 105 Å². The Hall–Kier alpha value is -0.470. The summed E-state index contributed by atoms with van der Waals surface area (Å²) in [6.45, 7) is 5.33. The molecule has 0 aliphatic carbocycles. The van der Waals surface area contributed by atoms with E-state index in [0.29, 0.717) is 5.92 Å². The van der Waals surface area contributed by atoms with Crippen LogP contribution in [0.2, 0.25) is 0 Å². The van der Waals surface area contributed by atoms with Crippen molar-refractivity contribution in [1.29, 1.82) is 0 Å². The normalized spacial score (nSPS) is 12.7. The quantitative estimate of drug-likeness (QED) is 0.537. The highest BCUT2D eigenvalue weighted by Crippen LogP contribution is 2.22. The van der Waals surface area contributed by atoms with E-state index in [9.17, 15) is 0 Å². The third-order valence-corrected chi connectivity index (χ3v) is 3.23. The number of aryl methyl sites for hydroxylation is 1. The molecule has 1 rings (SSSR count). The van der Waals surface area contributed by atoms with E-state index in [1.54, 1.807) is 0 Å². The van der Waals surface area contributed by atoms with Crippen molar-refractivity contribution in [1.82, 2.24) is 4.72 Å². The molecule has 1 N–H and O–H groups in total. The highest BCUT2D eigenvalue weighted by molar-refractivity contribution is 7.78. The molecule has 90 valence electrons. The van der Waals surface area contributed by atoms with Gasteiger partial charge in [0.05, 0.1) is 0 Å². The first kappa shape index (κ1) is 13.6. The minimum Gasteiger partial charge on any atom is -0.266 e. The van der Waals surface area contributed by atoms with Gasteiger partial charge >= 0.3 is 0 Å². The Morgan fingerprint density at radius 3 is 2.44 bits per heavy atom. The summed E-state index contributed by atoms with van der Waals surface area (Å²) in [4.78, 5) is 0. The number of nitrogens with one attached hydrogen (secondary N) is 1. The first-order valence-electron chi connectivity index (χ1n) is 6.21. The monoisotopic (exact) mass is 237 g/mol. The molecule has 0 spiro atoms. The number of hydrogen-bond acceptors (Lipinski definition) is 2. The number of thiol groups is 1.